The number of aliphatic hydroxyl groups excluding tert-OH is 1. The molecule has 138 valence electrons. The molecule has 2 aliphatic heterocycles. The van der Waals surface area contributed by atoms with Gasteiger partial charge >= 0.3 is 5.97 Å². The van der Waals surface area contributed by atoms with Crippen molar-refractivity contribution in [2.45, 2.75) is 56.6 Å². The van der Waals surface area contributed by atoms with Crippen LogP contribution in [-0.2, 0) is 14.3 Å². The minimum Gasteiger partial charge on any atom is -0.632 e. The quantitative estimate of drug-likeness (QED) is 0.256. The molecule has 0 spiro atoms. The number of hydrogen-bond donors (Lipinski definition) is 3. The molecule has 2 heterocycles. The molecule has 0 bridgehead atoms. The van der Waals surface area contributed by atoms with Gasteiger partial charge in [-0.3, -0.25) is 0 Å². The maximum atomic E-state index is 12.5. The maximum Gasteiger partial charge on any atom is 0.344 e. The van der Waals surface area contributed by atoms with Crippen molar-refractivity contribution in [1.29, 1.82) is 0 Å². The van der Waals surface area contributed by atoms with E-state index < -0.39 is 40.1 Å². The highest BCUT2D eigenvalue weighted by Gasteiger charge is 2.55. The summed E-state index contributed by atoms with van der Waals surface area (Å²) in [5.74, 6) is -1.03. The third kappa shape index (κ3) is 2.98. The largest absolute Gasteiger partial charge is 0.632 e. The Morgan fingerprint density at radius 1 is 1.50 bits per heavy atom. The van der Waals surface area contributed by atoms with Crippen molar-refractivity contribution in [3.63, 3.8) is 0 Å². The van der Waals surface area contributed by atoms with Gasteiger partial charge in [-0.05, 0) is 26.8 Å². The lowest BCUT2D eigenvalue weighted by Crippen LogP contribution is -2.63. The van der Waals surface area contributed by atoms with E-state index in [1.54, 1.807) is 6.08 Å². The van der Waals surface area contributed by atoms with Crippen LogP contribution < -0.4 is 0 Å². The number of carbonyl (C=O) groups is 1. The van der Waals surface area contributed by atoms with Gasteiger partial charge < -0.3 is 34.6 Å². The molecule has 0 amide bonds. The van der Waals surface area contributed by atoms with E-state index in [4.69, 9.17) is 9.47 Å². The Labute approximate surface area is 141 Å². The highest BCUT2D eigenvalue weighted by Crippen LogP contribution is 2.36. The van der Waals surface area contributed by atoms with Crippen LogP contribution in [0.5, 0.6) is 0 Å². The molecule has 2 rings (SSSR count). The predicted octanol–water partition coefficient (Wildman–Crippen LogP) is -0.546. The molecular formula is C16H27NO7. The summed E-state index contributed by atoms with van der Waals surface area (Å²) in [6, 6.07) is -0.632. The molecule has 0 aromatic heterocycles. The molecule has 8 nitrogen and oxygen atoms in total. The van der Waals surface area contributed by atoms with Gasteiger partial charge in [-0.2, -0.15) is 0 Å². The van der Waals surface area contributed by atoms with E-state index in [9.17, 15) is 25.3 Å². The van der Waals surface area contributed by atoms with Crippen molar-refractivity contribution in [2.75, 3.05) is 26.8 Å². The third-order valence-electron chi connectivity index (χ3n) is 5.27. The Hall–Kier alpha value is -1.03. The number of esters is 1. The second kappa shape index (κ2) is 6.36. The Balaban J connectivity index is 2.10. The first-order valence-corrected chi connectivity index (χ1v) is 8.07. The standard InChI is InChI=1S/C16H27NO7/c1-10(23-4)16(21,15(2,3)20)14(19)24-9-11-5-7-17(22)8-6-12(18)13(11)17/h5,10,12-13,18,20-21H,6-9H2,1-4H3/t10-,12-,13+,16+,17?/m0/s1. The van der Waals surface area contributed by atoms with Gasteiger partial charge in [-0.25, -0.2) is 4.79 Å². The average molecular weight is 345 g/mol. The van der Waals surface area contributed by atoms with Crippen molar-refractivity contribution in [2.24, 2.45) is 0 Å². The molecule has 0 aliphatic carbocycles. The van der Waals surface area contributed by atoms with Gasteiger partial charge in [0.05, 0.1) is 19.2 Å². The highest BCUT2D eigenvalue weighted by molar-refractivity contribution is 5.82. The number of aliphatic hydroxyl groups is 3. The molecule has 0 aromatic rings. The number of nitrogens with zero attached hydrogens (tertiary/aromatic N) is 1. The van der Waals surface area contributed by atoms with E-state index in [2.05, 4.69) is 0 Å². The zero-order valence-corrected chi connectivity index (χ0v) is 14.6. The maximum absolute atomic E-state index is 12.5. The molecule has 2 aliphatic rings. The number of hydroxylamine groups is 3. The average Bonchev–Trinajstić information content (AvgIpc) is 2.98. The van der Waals surface area contributed by atoms with Crippen LogP contribution in [0.15, 0.2) is 11.6 Å². The minimum absolute atomic E-state index is 0.211. The summed E-state index contributed by atoms with van der Waals surface area (Å²) >= 11 is 0. The normalized spacial score (nSPS) is 33.6. The summed E-state index contributed by atoms with van der Waals surface area (Å²) < 4.78 is 9.67. The number of fused-ring (bicyclic) bond motifs is 1. The molecule has 1 saturated heterocycles. The van der Waals surface area contributed by atoms with Gasteiger partial charge in [0.1, 0.15) is 24.4 Å². The molecule has 5 atom stereocenters. The first kappa shape index (κ1) is 19.3. The van der Waals surface area contributed by atoms with Crippen molar-refractivity contribution in [3.8, 4) is 0 Å². The summed E-state index contributed by atoms with van der Waals surface area (Å²) in [5.41, 5.74) is -3.51. The number of hydrogen-bond acceptors (Lipinski definition) is 7. The minimum atomic E-state index is -2.27. The Kier molecular flexibility index (Phi) is 5.11. The molecular weight excluding hydrogens is 318 g/mol. The summed E-state index contributed by atoms with van der Waals surface area (Å²) in [7, 11) is 1.31. The van der Waals surface area contributed by atoms with Crippen LogP contribution in [0, 0.1) is 5.21 Å². The van der Waals surface area contributed by atoms with Crippen molar-refractivity contribution in [1.82, 2.24) is 0 Å². The summed E-state index contributed by atoms with van der Waals surface area (Å²) in [6.07, 6.45) is 0.319. The van der Waals surface area contributed by atoms with Crippen LogP contribution in [0.1, 0.15) is 27.2 Å². The lowest BCUT2D eigenvalue weighted by Gasteiger charge is -2.41. The molecule has 0 aromatic carbocycles. The smallest absolute Gasteiger partial charge is 0.344 e. The number of methoxy groups -OCH3 is 1. The molecule has 1 unspecified atom stereocenters. The van der Waals surface area contributed by atoms with E-state index >= 15 is 0 Å². The zero-order chi connectivity index (χ0) is 18.3. The van der Waals surface area contributed by atoms with Gasteiger partial charge in [0.15, 0.2) is 0 Å². The van der Waals surface area contributed by atoms with E-state index in [1.165, 1.54) is 27.9 Å². The first-order chi connectivity index (χ1) is 11.0. The molecule has 3 N–H and O–H groups in total. The van der Waals surface area contributed by atoms with Gasteiger partial charge in [-0.1, -0.05) is 0 Å². The molecule has 24 heavy (non-hydrogen) atoms. The van der Waals surface area contributed by atoms with Gasteiger partial charge in [-0.15, -0.1) is 0 Å². The topological polar surface area (TPSA) is 119 Å². The SMILES string of the molecule is CO[C@@H](C)[C@@](O)(C(=O)OCC1=CC[N+]2([O-])CC[C@H](O)[C@@H]12)C(C)(C)O. The van der Waals surface area contributed by atoms with Crippen molar-refractivity contribution >= 4 is 5.97 Å². The van der Waals surface area contributed by atoms with Crippen LogP contribution in [0.4, 0.5) is 0 Å². The molecule has 8 heteroatoms. The number of carbonyl (C=O) groups excluding carboxylic acids is 1. The second-order valence-electron chi connectivity index (χ2n) is 7.22. The Bertz CT molecular complexity index is 529. The van der Waals surface area contributed by atoms with Crippen molar-refractivity contribution in [3.05, 3.63) is 16.9 Å². The van der Waals surface area contributed by atoms with Crippen LogP contribution >= 0.6 is 0 Å². The zero-order valence-electron chi connectivity index (χ0n) is 14.6. The fourth-order valence-corrected chi connectivity index (χ4v) is 3.59. The van der Waals surface area contributed by atoms with Crippen molar-refractivity contribution < 1.29 is 34.2 Å². The van der Waals surface area contributed by atoms with Gasteiger partial charge in [0.2, 0.25) is 5.60 Å². The molecule has 1 fully saturated rings. The predicted molar refractivity (Wildman–Crippen MR) is 84.5 cm³/mol. The van der Waals surface area contributed by atoms with E-state index in [1.807, 2.05) is 0 Å². The van der Waals surface area contributed by atoms with Gasteiger partial charge in [0.25, 0.3) is 0 Å². The third-order valence-corrected chi connectivity index (χ3v) is 5.27. The second-order valence-corrected chi connectivity index (χ2v) is 7.22. The van der Waals surface area contributed by atoms with E-state index in [-0.39, 0.29) is 13.2 Å². The lowest BCUT2D eigenvalue weighted by molar-refractivity contribution is -0.877. The number of rotatable bonds is 6. The fourth-order valence-electron chi connectivity index (χ4n) is 3.59. The lowest BCUT2D eigenvalue weighted by atomic mass is 9.81. The van der Waals surface area contributed by atoms with Crippen LogP contribution in [0.3, 0.4) is 0 Å². The summed E-state index contributed by atoms with van der Waals surface area (Å²) in [5, 5.41) is 43.4. The number of quaternary nitrogens is 1. The highest BCUT2D eigenvalue weighted by atomic mass is 16.6. The number of ether oxygens (including phenoxy) is 2. The van der Waals surface area contributed by atoms with E-state index in [0.717, 1.165) is 0 Å². The Morgan fingerprint density at radius 2 is 2.12 bits per heavy atom. The molecule has 0 saturated carbocycles. The summed E-state index contributed by atoms with van der Waals surface area (Å²) in [6.45, 7) is 4.39. The van der Waals surface area contributed by atoms with Gasteiger partial charge in [0, 0.05) is 19.1 Å². The first-order valence-electron chi connectivity index (χ1n) is 8.07. The molecule has 0 radical (unpaired) electrons. The van der Waals surface area contributed by atoms with Crippen LogP contribution in [0.2, 0.25) is 0 Å². The Morgan fingerprint density at radius 3 is 2.67 bits per heavy atom. The van der Waals surface area contributed by atoms with Crippen LogP contribution in [0.25, 0.3) is 0 Å². The van der Waals surface area contributed by atoms with Crippen LogP contribution in [-0.4, -0.2) is 82.2 Å². The monoisotopic (exact) mass is 345 g/mol. The summed E-state index contributed by atoms with van der Waals surface area (Å²) in [4.78, 5) is 12.4. The fraction of sp³-hybridized carbons (Fsp3) is 0.812. The van der Waals surface area contributed by atoms with E-state index in [0.29, 0.717) is 18.5 Å².